The lowest BCUT2D eigenvalue weighted by atomic mass is 9.96. The van der Waals surface area contributed by atoms with Crippen molar-refractivity contribution < 1.29 is 14.3 Å². The molecule has 0 amide bonds. The second-order valence-electron chi connectivity index (χ2n) is 5.47. The first-order valence-electron chi connectivity index (χ1n) is 7.23. The Kier molecular flexibility index (Phi) is 3.73. The zero-order chi connectivity index (χ0) is 14.8. The van der Waals surface area contributed by atoms with Crippen LogP contribution in [0.25, 0.3) is 11.1 Å². The van der Waals surface area contributed by atoms with Gasteiger partial charge >= 0.3 is 5.97 Å². The van der Waals surface area contributed by atoms with Gasteiger partial charge in [-0.3, -0.25) is 4.68 Å². The number of halogens is 1. The second-order valence-corrected chi connectivity index (χ2v) is 5.47. The van der Waals surface area contributed by atoms with Gasteiger partial charge in [0, 0.05) is 17.3 Å². The summed E-state index contributed by atoms with van der Waals surface area (Å²) in [7, 11) is 0. The quantitative estimate of drug-likeness (QED) is 0.932. The van der Waals surface area contributed by atoms with Crippen LogP contribution in [0.2, 0.25) is 0 Å². The van der Waals surface area contributed by atoms with Crippen molar-refractivity contribution in [1.82, 2.24) is 9.78 Å². The highest BCUT2D eigenvalue weighted by Crippen LogP contribution is 2.30. The minimum absolute atomic E-state index is 0.289. The summed E-state index contributed by atoms with van der Waals surface area (Å²) in [4.78, 5) is 11.0. The Morgan fingerprint density at radius 3 is 2.76 bits per heavy atom. The van der Waals surface area contributed by atoms with Gasteiger partial charge < -0.3 is 5.11 Å². The summed E-state index contributed by atoms with van der Waals surface area (Å²) in [5.74, 6) is -1.96. The molecule has 1 aliphatic carbocycles. The van der Waals surface area contributed by atoms with Crippen LogP contribution in [-0.4, -0.2) is 20.9 Å². The van der Waals surface area contributed by atoms with Crippen molar-refractivity contribution in [3.63, 3.8) is 0 Å². The minimum atomic E-state index is -1.26. The van der Waals surface area contributed by atoms with E-state index in [1.807, 2.05) is 10.9 Å². The number of rotatable bonds is 3. The van der Waals surface area contributed by atoms with E-state index in [0.29, 0.717) is 11.6 Å². The summed E-state index contributed by atoms with van der Waals surface area (Å²) < 4.78 is 16.1. The number of aromatic nitrogens is 2. The Labute approximate surface area is 122 Å². The van der Waals surface area contributed by atoms with Crippen LogP contribution in [0.3, 0.4) is 0 Å². The van der Waals surface area contributed by atoms with E-state index < -0.39 is 11.8 Å². The van der Waals surface area contributed by atoms with E-state index in [1.54, 1.807) is 18.3 Å². The van der Waals surface area contributed by atoms with Gasteiger partial charge in [0.05, 0.1) is 17.8 Å². The molecule has 1 saturated carbocycles. The molecular weight excluding hydrogens is 271 g/mol. The fraction of sp³-hybridized carbons (Fsp3) is 0.375. The van der Waals surface area contributed by atoms with Crippen molar-refractivity contribution >= 4 is 5.97 Å². The molecule has 0 aliphatic heterocycles. The third-order valence-corrected chi connectivity index (χ3v) is 4.09. The maximum absolute atomic E-state index is 14.2. The van der Waals surface area contributed by atoms with E-state index in [4.69, 9.17) is 5.11 Å². The highest BCUT2D eigenvalue weighted by Gasteiger charge is 2.19. The highest BCUT2D eigenvalue weighted by molar-refractivity contribution is 5.89. The van der Waals surface area contributed by atoms with Crippen LogP contribution >= 0.6 is 0 Å². The summed E-state index contributed by atoms with van der Waals surface area (Å²) in [5, 5.41) is 13.3. The molecule has 5 heteroatoms. The summed E-state index contributed by atoms with van der Waals surface area (Å²) in [6.07, 6.45) is 9.28. The van der Waals surface area contributed by atoms with Crippen molar-refractivity contribution in [2.24, 2.45) is 0 Å². The van der Waals surface area contributed by atoms with Crippen molar-refractivity contribution in [1.29, 1.82) is 0 Å². The number of benzene rings is 1. The van der Waals surface area contributed by atoms with Crippen LogP contribution in [0.4, 0.5) is 4.39 Å². The first-order chi connectivity index (χ1) is 10.2. The normalized spacial score (nSPS) is 16.0. The molecule has 0 spiro atoms. The molecule has 0 radical (unpaired) electrons. The Balaban J connectivity index is 1.93. The van der Waals surface area contributed by atoms with Crippen molar-refractivity contribution in [2.45, 2.75) is 38.1 Å². The predicted octanol–water partition coefficient (Wildman–Crippen LogP) is 3.89. The molecule has 110 valence electrons. The number of carboxylic acid groups (broad SMARTS) is 1. The van der Waals surface area contributed by atoms with Crippen LogP contribution in [-0.2, 0) is 0 Å². The molecule has 1 aromatic heterocycles. The molecule has 0 bridgehead atoms. The number of carboxylic acids is 1. The third-order valence-electron chi connectivity index (χ3n) is 4.09. The first-order valence-corrected chi connectivity index (χ1v) is 7.23. The molecule has 0 atom stereocenters. The fourth-order valence-electron chi connectivity index (χ4n) is 2.94. The fourth-order valence-corrected chi connectivity index (χ4v) is 2.94. The maximum atomic E-state index is 14.2. The first kappa shape index (κ1) is 13.8. The van der Waals surface area contributed by atoms with Gasteiger partial charge in [0.25, 0.3) is 0 Å². The molecule has 3 rings (SSSR count). The number of nitrogens with zero attached hydrogens (tertiary/aromatic N) is 2. The standard InChI is InChI=1S/C16H17FN2O2/c17-15-13(7-4-8-14(15)16(20)21)11-9-18-19(10-11)12-5-2-1-3-6-12/h4,7-10,12H,1-3,5-6H2,(H,20,21). The van der Waals surface area contributed by atoms with Gasteiger partial charge in [-0.2, -0.15) is 5.10 Å². The lowest BCUT2D eigenvalue weighted by Crippen LogP contribution is -2.12. The SMILES string of the molecule is O=C(O)c1cccc(-c2cnn(C3CCCCC3)c2)c1F. The third kappa shape index (κ3) is 2.68. The van der Waals surface area contributed by atoms with Gasteiger partial charge in [0.15, 0.2) is 0 Å². The monoisotopic (exact) mass is 288 g/mol. The van der Waals surface area contributed by atoms with Crippen molar-refractivity contribution in [2.75, 3.05) is 0 Å². The lowest BCUT2D eigenvalue weighted by Gasteiger charge is -2.21. The summed E-state index contributed by atoms with van der Waals surface area (Å²) in [5.41, 5.74) is 0.607. The Hall–Kier alpha value is -2.17. The lowest BCUT2D eigenvalue weighted by molar-refractivity contribution is 0.0692. The molecule has 1 aromatic carbocycles. The van der Waals surface area contributed by atoms with E-state index in [0.717, 1.165) is 12.8 Å². The van der Waals surface area contributed by atoms with Crippen LogP contribution in [0, 0.1) is 5.82 Å². The molecular formula is C16H17FN2O2. The summed E-state index contributed by atoms with van der Waals surface area (Å²) in [6, 6.07) is 4.79. The summed E-state index contributed by atoms with van der Waals surface area (Å²) in [6.45, 7) is 0. The number of hydrogen-bond acceptors (Lipinski definition) is 2. The second kappa shape index (κ2) is 5.68. The number of aromatic carboxylic acids is 1. The largest absolute Gasteiger partial charge is 0.478 e. The van der Waals surface area contributed by atoms with Gasteiger partial charge in [0.2, 0.25) is 0 Å². The van der Waals surface area contributed by atoms with E-state index in [1.165, 1.54) is 25.3 Å². The molecule has 2 aromatic rings. The van der Waals surface area contributed by atoms with Gasteiger partial charge in [0.1, 0.15) is 5.82 Å². The molecule has 4 nitrogen and oxygen atoms in total. The Morgan fingerprint density at radius 1 is 1.29 bits per heavy atom. The average Bonchev–Trinajstić information content (AvgIpc) is 2.98. The van der Waals surface area contributed by atoms with Gasteiger partial charge in [-0.05, 0) is 18.9 Å². The predicted molar refractivity (Wildman–Crippen MR) is 76.7 cm³/mol. The van der Waals surface area contributed by atoms with E-state index in [-0.39, 0.29) is 11.1 Å². The zero-order valence-electron chi connectivity index (χ0n) is 11.6. The molecule has 1 fully saturated rings. The Bertz CT molecular complexity index is 660. The van der Waals surface area contributed by atoms with Crippen LogP contribution < -0.4 is 0 Å². The molecule has 1 N–H and O–H groups in total. The smallest absolute Gasteiger partial charge is 0.338 e. The summed E-state index contributed by atoms with van der Waals surface area (Å²) >= 11 is 0. The number of carbonyl (C=O) groups is 1. The van der Waals surface area contributed by atoms with E-state index >= 15 is 0 Å². The van der Waals surface area contributed by atoms with E-state index in [9.17, 15) is 9.18 Å². The number of hydrogen-bond donors (Lipinski definition) is 1. The molecule has 1 heterocycles. The maximum Gasteiger partial charge on any atom is 0.338 e. The van der Waals surface area contributed by atoms with Crippen LogP contribution in [0.5, 0.6) is 0 Å². The molecule has 0 unspecified atom stereocenters. The van der Waals surface area contributed by atoms with Gasteiger partial charge in [-0.25, -0.2) is 9.18 Å². The van der Waals surface area contributed by atoms with E-state index in [2.05, 4.69) is 5.10 Å². The van der Waals surface area contributed by atoms with Crippen molar-refractivity contribution in [3.8, 4) is 11.1 Å². The minimum Gasteiger partial charge on any atom is -0.478 e. The van der Waals surface area contributed by atoms with Gasteiger partial charge in [-0.1, -0.05) is 31.4 Å². The van der Waals surface area contributed by atoms with Crippen LogP contribution in [0.1, 0.15) is 48.5 Å². The molecule has 0 saturated heterocycles. The van der Waals surface area contributed by atoms with Crippen LogP contribution in [0.15, 0.2) is 30.6 Å². The highest BCUT2D eigenvalue weighted by atomic mass is 19.1. The van der Waals surface area contributed by atoms with Crippen molar-refractivity contribution in [3.05, 3.63) is 42.0 Å². The average molecular weight is 288 g/mol. The molecule has 21 heavy (non-hydrogen) atoms. The topological polar surface area (TPSA) is 55.1 Å². The van der Waals surface area contributed by atoms with Gasteiger partial charge in [-0.15, -0.1) is 0 Å². The zero-order valence-corrected chi connectivity index (χ0v) is 11.6. The molecule has 1 aliphatic rings. The Morgan fingerprint density at radius 2 is 2.05 bits per heavy atom.